The first-order valence-electron chi connectivity index (χ1n) is 12.4. The van der Waals surface area contributed by atoms with E-state index in [1.807, 2.05) is 13.0 Å². The summed E-state index contributed by atoms with van der Waals surface area (Å²) in [6.45, 7) is 4.06. The van der Waals surface area contributed by atoms with Gasteiger partial charge >= 0.3 is 0 Å². The summed E-state index contributed by atoms with van der Waals surface area (Å²) < 4.78 is 11.4. The predicted octanol–water partition coefficient (Wildman–Crippen LogP) is 2.80. The lowest BCUT2D eigenvalue weighted by Gasteiger charge is -2.31. The topological polar surface area (TPSA) is 121 Å². The second-order valence-electron chi connectivity index (χ2n) is 9.50. The highest BCUT2D eigenvalue weighted by molar-refractivity contribution is 5.95. The highest BCUT2D eigenvalue weighted by Gasteiger charge is 2.28. The number of aliphatic hydroxyl groups excluding tert-OH is 2. The van der Waals surface area contributed by atoms with Gasteiger partial charge in [0.15, 0.2) is 0 Å². The Morgan fingerprint density at radius 2 is 2.09 bits per heavy atom. The molecule has 0 bridgehead atoms. The third-order valence-corrected chi connectivity index (χ3v) is 6.96. The van der Waals surface area contributed by atoms with Gasteiger partial charge in [0.25, 0.3) is 11.9 Å². The van der Waals surface area contributed by atoms with Crippen LogP contribution >= 0.6 is 0 Å². The standard InChI is InChI=1S/C25H36N4O5/c1-17-14-21(7-8-22(17)23(32)26-15-20(31)16-30)33-13-3-4-18-9-11-29(12-10-18)25-27-24(34-28-25)19-5-2-6-19/h7-8,14,18-20,30-31H,2-6,9-13,15-16H2,1H3,(H,26,32)/t20-/m0/s1. The van der Waals surface area contributed by atoms with Gasteiger partial charge in [-0.1, -0.05) is 6.42 Å². The summed E-state index contributed by atoms with van der Waals surface area (Å²) in [6.07, 6.45) is 7.00. The number of anilines is 1. The molecule has 1 aliphatic carbocycles. The normalized spacial score (nSPS) is 17.9. The number of carbonyl (C=O) groups excluding carboxylic acids is 1. The minimum absolute atomic E-state index is 0.0164. The number of aromatic nitrogens is 2. The Balaban J connectivity index is 1.14. The van der Waals surface area contributed by atoms with Crippen molar-refractivity contribution in [1.82, 2.24) is 15.5 Å². The summed E-state index contributed by atoms with van der Waals surface area (Å²) in [4.78, 5) is 19.1. The quantitative estimate of drug-likeness (QED) is 0.427. The van der Waals surface area contributed by atoms with Gasteiger partial charge in [0.1, 0.15) is 5.75 Å². The van der Waals surface area contributed by atoms with E-state index in [-0.39, 0.29) is 19.1 Å². The molecule has 2 heterocycles. The van der Waals surface area contributed by atoms with Gasteiger partial charge in [-0.3, -0.25) is 4.79 Å². The Morgan fingerprint density at radius 1 is 1.29 bits per heavy atom. The maximum absolute atomic E-state index is 12.2. The highest BCUT2D eigenvalue weighted by Crippen LogP contribution is 2.36. The molecule has 3 N–H and O–H groups in total. The van der Waals surface area contributed by atoms with Crippen molar-refractivity contribution in [2.45, 2.75) is 63.9 Å². The molecule has 2 aliphatic rings. The third kappa shape index (κ3) is 6.27. The molecule has 0 spiro atoms. The van der Waals surface area contributed by atoms with E-state index in [2.05, 4.69) is 20.4 Å². The zero-order chi connectivity index (χ0) is 23.9. The summed E-state index contributed by atoms with van der Waals surface area (Å²) in [5, 5.41) is 25.0. The zero-order valence-corrected chi connectivity index (χ0v) is 19.9. The van der Waals surface area contributed by atoms with E-state index in [0.717, 1.165) is 61.9 Å². The van der Waals surface area contributed by atoms with Gasteiger partial charge in [-0.05, 0) is 80.3 Å². The Morgan fingerprint density at radius 3 is 2.76 bits per heavy atom. The minimum atomic E-state index is -0.956. The van der Waals surface area contributed by atoms with Gasteiger partial charge < -0.3 is 29.7 Å². The van der Waals surface area contributed by atoms with Gasteiger partial charge in [0.05, 0.1) is 19.3 Å². The number of aliphatic hydroxyl groups is 2. The Bertz CT molecular complexity index is 937. The molecule has 1 saturated carbocycles. The van der Waals surface area contributed by atoms with Crippen LogP contribution in [0.3, 0.4) is 0 Å². The molecule has 9 nitrogen and oxygen atoms in total. The molecule has 2 aromatic rings. The molecule has 186 valence electrons. The first kappa shape index (κ1) is 24.5. The molecular weight excluding hydrogens is 436 g/mol. The highest BCUT2D eigenvalue weighted by atomic mass is 16.5. The number of hydrogen-bond acceptors (Lipinski definition) is 8. The number of nitrogens with one attached hydrogen (secondary N) is 1. The van der Waals surface area contributed by atoms with Crippen LogP contribution in [0.4, 0.5) is 5.95 Å². The van der Waals surface area contributed by atoms with Crippen LogP contribution in [0, 0.1) is 12.8 Å². The lowest BCUT2D eigenvalue weighted by Crippen LogP contribution is -2.34. The number of carbonyl (C=O) groups is 1. The number of amides is 1. The van der Waals surface area contributed by atoms with Crippen LogP contribution in [0.15, 0.2) is 22.7 Å². The number of rotatable bonds is 11. The van der Waals surface area contributed by atoms with Gasteiger partial charge in [0, 0.05) is 31.1 Å². The maximum Gasteiger partial charge on any atom is 0.266 e. The molecule has 0 radical (unpaired) electrons. The molecule has 34 heavy (non-hydrogen) atoms. The monoisotopic (exact) mass is 472 g/mol. The van der Waals surface area contributed by atoms with Crippen LogP contribution in [0.5, 0.6) is 5.75 Å². The molecule has 1 atom stereocenters. The van der Waals surface area contributed by atoms with Crippen molar-refractivity contribution in [3.8, 4) is 5.75 Å². The molecule has 1 aromatic carbocycles. The average Bonchev–Trinajstić information content (AvgIpc) is 3.28. The molecule has 9 heteroatoms. The van der Waals surface area contributed by atoms with E-state index in [1.54, 1.807) is 12.1 Å². The average molecular weight is 473 g/mol. The summed E-state index contributed by atoms with van der Waals surface area (Å²) in [7, 11) is 0. The van der Waals surface area contributed by atoms with E-state index in [0.29, 0.717) is 24.0 Å². The number of hydrogen-bond donors (Lipinski definition) is 3. The second kappa shape index (κ2) is 11.7. The summed E-state index contributed by atoms with van der Waals surface area (Å²) in [5.74, 6) is 3.19. The molecule has 0 unspecified atom stereocenters. The van der Waals surface area contributed by atoms with E-state index in [9.17, 15) is 9.90 Å². The third-order valence-electron chi connectivity index (χ3n) is 6.96. The van der Waals surface area contributed by atoms with Crippen molar-refractivity contribution in [3.63, 3.8) is 0 Å². The van der Waals surface area contributed by atoms with E-state index >= 15 is 0 Å². The van der Waals surface area contributed by atoms with Crippen LogP contribution in [0.25, 0.3) is 0 Å². The lowest BCUT2D eigenvalue weighted by molar-refractivity contribution is 0.0801. The van der Waals surface area contributed by atoms with Crippen molar-refractivity contribution < 1.29 is 24.3 Å². The van der Waals surface area contributed by atoms with Crippen molar-refractivity contribution in [2.75, 3.05) is 37.7 Å². The Kier molecular flexibility index (Phi) is 8.39. The minimum Gasteiger partial charge on any atom is -0.494 e. The van der Waals surface area contributed by atoms with Crippen LogP contribution in [0.1, 0.15) is 72.7 Å². The first-order chi connectivity index (χ1) is 16.5. The SMILES string of the molecule is Cc1cc(OCCCC2CCN(c3noc(C4CCC4)n3)CC2)ccc1C(=O)NC[C@H](O)CO. The maximum atomic E-state index is 12.2. The number of benzene rings is 1. The fourth-order valence-corrected chi connectivity index (χ4v) is 4.51. The van der Waals surface area contributed by atoms with Gasteiger partial charge in [0.2, 0.25) is 5.89 Å². The second-order valence-corrected chi connectivity index (χ2v) is 9.50. The fourth-order valence-electron chi connectivity index (χ4n) is 4.51. The molecule has 1 aliphatic heterocycles. The Hall–Kier alpha value is -2.65. The van der Waals surface area contributed by atoms with Gasteiger partial charge in [-0.15, -0.1) is 0 Å². The van der Waals surface area contributed by atoms with Crippen LogP contribution in [-0.2, 0) is 0 Å². The van der Waals surface area contributed by atoms with Crippen molar-refractivity contribution >= 4 is 11.9 Å². The number of piperidine rings is 1. The molecule has 4 rings (SSSR count). The Labute approximate surface area is 200 Å². The zero-order valence-electron chi connectivity index (χ0n) is 19.9. The van der Waals surface area contributed by atoms with Crippen molar-refractivity contribution in [1.29, 1.82) is 0 Å². The molecule has 1 aromatic heterocycles. The van der Waals surface area contributed by atoms with Crippen molar-refractivity contribution in [3.05, 3.63) is 35.2 Å². The van der Waals surface area contributed by atoms with E-state index in [4.69, 9.17) is 14.4 Å². The molecule has 2 fully saturated rings. The molecular formula is C25H36N4O5. The number of ether oxygens (including phenoxy) is 1. The molecule has 1 amide bonds. The van der Waals surface area contributed by atoms with E-state index in [1.165, 1.54) is 19.3 Å². The van der Waals surface area contributed by atoms with Crippen LogP contribution in [0.2, 0.25) is 0 Å². The number of nitrogens with zero attached hydrogens (tertiary/aromatic N) is 3. The summed E-state index contributed by atoms with van der Waals surface area (Å²) in [5.41, 5.74) is 1.34. The lowest BCUT2D eigenvalue weighted by atomic mass is 9.85. The van der Waals surface area contributed by atoms with Crippen LogP contribution < -0.4 is 15.0 Å². The van der Waals surface area contributed by atoms with Gasteiger partial charge in [-0.25, -0.2) is 0 Å². The number of aryl methyl sites for hydroxylation is 1. The first-order valence-corrected chi connectivity index (χ1v) is 12.4. The van der Waals surface area contributed by atoms with Gasteiger partial charge in [-0.2, -0.15) is 4.98 Å². The van der Waals surface area contributed by atoms with E-state index < -0.39 is 6.10 Å². The summed E-state index contributed by atoms with van der Waals surface area (Å²) >= 11 is 0. The molecule has 1 saturated heterocycles. The smallest absolute Gasteiger partial charge is 0.266 e. The van der Waals surface area contributed by atoms with Crippen molar-refractivity contribution in [2.24, 2.45) is 5.92 Å². The summed E-state index contributed by atoms with van der Waals surface area (Å²) in [6, 6.07) is 5.39. The largest absolute Gasteiger partial charge is 0.494 e. The fraction of sp³-hybridized carbons (Fsp3) is 0.640. The van der Waals surface area contributed by atoms with Crippen LogP contribution in [-0.4, -0.2) is 65.2 Å². The predicted molar refractivity (Wildman–Crippen MR) is 127 cm³/mol.